The number of para-hydroxylation sites is 2. The van der Waals surface area contributed by atoms with E-state index in [1.165, 1.54) is 6.92 Å². The van der Waals surface area contributed by atoms with Gasteiger partial charge in [0.25, 0.3) is 0 Å². The molecule has 0 bridgehead atoms. The number of rotatable bonds is 10. The smallest absolute Gasteiger partial charge is 0.478 e. The quantitative estimate of drug-likeness (QED) is 0.249. The largest absolute Gasteiger partial charge is 0.587 e. The van der Waals surface area contributed by atoms with Crippen LogP contribution in [0.4, 0.5) is 0 Å². The highest BCUT2D eigenvalue weighted by atomic mass is 31.2. The highest BCUT2D eigenvalue weighted by molar-refractivity contribution is 7.49. The summed E-state index contributed by atoms with van der Waals surface area (Å²) in [4.78, 5) is 20.6. The molecule has 0 unspecified atom stereocenters. The van der Waals surface area contributed by atoms with Crippen molar-refractivity contribution in [3.05, 3.63) is 85.5 Å². The predicted octanol–water partition coefficient (Wildman–Crippen LogP) is 4.65. The Balaban J connectivity index is 0.000000804. The molecule has 0 fully saturated rings. The number of hydrogen-bond acceptors (Lipinski definition) is 7. The fourth-order valence-electron chi connectivity index (χ4n) is 1.70. The van der Waals surface area contributed by atoms with Crippen LogP contribution in [0.3, 0.4) is 0 Å². The molecule has 2 rings (SSSR count). The van der Waals surface area contributed by atoms with Gasteiger partial charge < -0.3 is 18.9 Å². The van der Waals surface area contributed by atoms with Gasteiger partial charge in [-0.05, 0) is 31.2 Å². The van der Waals surface area contributed by atoms with E-state index in [1.54, 1.807) is 60.7 Å². The van der Waals surface area contributed by atoms with Crippen molar-refractivity contribution >= 4 is 19.8 Å². The average Bonchev–Trinajstić information content (AvgIpc) is 2.72. The van der Waals surface area contributed by atoms with Crippen LogP contribution in [0.2, 0.25) is 0 Å². The van der Waals surface area contributed by atoms with E-state index in [0.717, 1.165) is 6.08 Å². The summed E-state index contributed by atoms with van der Waals surface area (Å²) in [6.07, 6.45) is 0.833. The molecule has 0 saturated heterocycles. The Hall–Kier alpha value is -3.35. The lowest BCUT2D eigenvalue weighted by molar-refractivity contribution is -0.139. The number of phosphoric acid groups is 1. The van der Waals surface area contributed by atoms with Crippen molar-refractivity contribution in [2.75, 3.05) is 13.2 Å². The minimum Gasteiger partial charge on any atom is -0.478 e. The highest BCUT2D eigenvalue weighted by Gasteiger charge is 2.31. The molecule has 0 radical (unpaired) electrons. The molecule has 0 saturated carbocycles. The van der Waals surface area contributed by atoms with Crippen LogP contribution in [-0.2, 0) is 23.4 Å². The molecular formula is C21H23O8P. The Bertz CT molecular complexity index is 835. The summed E-state index contributed by atoms with van der Waals surface area (Å²) in [5.41, 5.74) is 0.268. The monoisotopic (exact) mass is 434 g/mol. The third-order valence-electron chi connectivity index (χ3n) is 3.01. The number of carboxylic acids is 1. The zero-order valence-corrected chi connectivity index (χ0v) is 17.3. The zero-order valence-electron chi connectivity index (χ0n) is 16.4. The molecular weight excluding hydrogens is 411 g/mol. The maximum absolute atomic E-state index is 12.9. The molecule has 0 amide bonds. The molecule has 0 spiro atoms. The van der Waals surface area contributed by atoms with Crippen molar-refractivity contribution in [1.29, 1.82) is 0 Å². The van der Waals surface area contributed by atoms with Crippen molar-refractivity contribution in [3.63, 3.8) is 0 Å². The van der Waals surface area contributed by atoms with Crippen LogP contribution in [0, 0.1) is 0 Å². The normalized spacial score (nSPS) is 10.0. The van der Waals surface area contributed by atoms with Crippen LogP contribution in [0.15, 0.2) is 85.5 Å². The summed E-state index contributed by atoms with van der Waals surface area (Å²) in [6.45, 7) is 7.71. The van der Waals surface area contributed by atoms with Crippen LogP contribution in [0.5, 0.6) is 11.5 Å². The van der Waals surface area contributed by atoms with Crippen LogP contribution >= 0.6 is 7.82 Å². The Morgan fingerprint density at radius 3 is 1.77 bits per heavy atom. The summed E-state index contributed by atoms with van der Waals surface area (Å²) < 4.78 is 33.9. The van der Waals surface area contributed by atoms with Crippen molar-refractivity contribution in [3.8, 4) is 11.5 Å². The Labute approximate surface area is 175 Å². The van der Waals surface area contributed by atoms with Crippen LogP contribution in [0.1, 0.15) is 6.92 Å². The third kappa shape index (κ3) is 10.3. The van der Waals surface area contributed by atoms with Gasteiger partial charge in [0, 0.05) is 11.6 Å². The van der Waals surface area contributed by atoms with Gasteiger partial charge in [0.2, 0.25) is 0 Å². The molecule has 2 aromatic rings. The standard InChI is InChI=1S/C18H19O6P.C3H4O2/c1-15(2)18(19)21-13-14-22-25(20,23-16-9-5-3-6-10-16)24-17-11-7-4-8-12-17;1-2-3(4)5/h3-12H,1,13-14H2,2H3;2H,1H2,(H,4,5). The van der Waals surface area contributed by atoms with E-state index < -0.39 is 19.8 Å². The summed E-state index contributed by atoms with van der Waals surface area (Å²) in [7, 11) is -3.96. The van der Waals surface area contributed by atoms with E-state index >= 15 is 0 Å². The minimum atomic E-state index is -3.96. The molecule has 8 nitrogen and oxygen atoms in total. The molecule has 0 aliphatic heterocycles. The maximum atomic E-state index is 12.9. The van der Waals surface area contributed by atoms with E-state index in [2.05, 4.69) is 13.2 Å². The lowest BCUT2D eigenvalue weighted by Gasteiger charge is -2.19. The van der Waals surface area contributed by atoms with Gasteiger partial charge in [-0.3, -0.25) is 4.52 Å². The molecule has 0 heterocycles. The van der Waals surface area contributed by atoms with Crippen LogP contribution in [0.25, 0.3) is 0 Å². The fraction of sp³-hybridized carbons (Fsp3) is 0.143. The molecule has 30 heavy (non-hydrogen) atoms. The molecule has 2 aromatic carbocycles. The van der Waals surface area contributed by atoms with Gasteiger partial charge in [-0.1, -0.05) is 49.6 Å². The van der Waals surface area contributed by atoms with Crippen molar-refractivity contribution in [2.24, 2.45) is 0 Å². The second kappa shape index (κ2) is 13.0. The average molecular weight is 434 g/mol. The number of carboxylic acid groups (broad SMARTS) is 1. The first-order valence-corrected chi connectivity index (χ1v) is 10.1. The van der Waals surface area contributed by atoms with E-state index in [4.69, 9.17) is 23.4 Å². The van der Waals surface area contributed by atoms with Gasteiger partial charge >= 0.3 is 19.8 Å². The van der Waals surface area contributed by atoms with Gasteiger partial charge in [0.15, 0.2) is 0 Å². The van der Waals surface area contributed by atoms with Gasteiger partial charge in [-0.2, -0.15) is 0 Å². The molecule has 1 N–H and O–H groups in total. The van der Waals surface area contributed by atoms with Gasteiger partial charge in [-0.15, -0.1) is 0 Å². The Morgan fingerprint density at radius 2 is 1.40 bits per heavy atom. The van der Waals surface area contributed by atoms with Crippen molar-refractivity contribution in [2.45, 2.75) is 6.92 Å². The lowest BCUT2D eigenvalue weighted by atomic mass is 10.3. The number of phosphoric ester groups is 1. The highest BCUT2D eigenvalue weighted by Crippen LogP contribution is 2.49. The number of carbonyl (C=O) groups excluding carboxylic acids is 1. The fourth-order valence-corrected chi connectivity index (χ4v) is 2.90. The predicted molar refractivity (Wildman–Crippen MR) is 111 cm³/mol. The van der Waals surface area contributed by atoms with Crippen LogP contribution < -0.4 is 9.05 Å². The molecule has 0 atom stereocenters. The second-order valence-electron chi connectivity index (χ2n) is 5.55. The van der Waals surface area contributed by atoms with E-state index in [0.29, 0.717) is 11.5 Å². The first-order chi connectivity index (χ1) is 14.3. The topological polar surface area (TPSA) is 108 Å². The second-order valence-corrected chi connectivity index (χ2v) is 7.07. The molecule has 0 aliphatic rings. The van der Waals surface area contributed by atoms with Gasteiger partial charge in [0.1, 0.15) is 18.1 Å². The van der Waals surface area contributed by atoms with Crippen molar-refractivity contribution in [1.82, 2.24) is 0 Å². The van der Waals surface area contributed by atoms with Crippen LogP contribution in [-0.4, -0.2) is 30.3 Å². The number of benzene rings is 2. The van der Waals surface area contributed by atoms with Gasteiger partial charge in [0.05, 0.1) is 6.61 Å². The van der Waals surface area contributed by atoms with E-state index in [-0.39, 0.29) is 18.8 Å². The number of carbonyl (C=O) groups is 2. The number of aliphatic carboxylic acids is 1. The molecule has 0 aromatic heterocycles. The number of hydrogen-bond donors (Lipinski definition) is 1. The minimum absolute atomic E-state index is 0.105. The SMILES string of the molecule is C=C(C)C(=O)OCCOP(=O)(Oc1ccccc1)Oc1ccccc1.C=CC(=O)O. The first-order valence-electron chi connectivity index (χ1n) is 8.67. The summed E-state index contributed by atoms with van der Waals surface area (Å²) >= 11 is 0. The van der Waals surface area contributed by atoms with E-state index in [9.17, 15) is 14.2 Å². The Kier molecular flexibility index (Phi) is 10.7. The molecule has 0 aliphatic carbocycles. The summed E-state index contributed by atoms with van der Waals surface area (Å²) in [5.74, 6) is -0.863. The number of esters is 1. The first kappa shape index (κ1) is 24.7. The number of ether oxygens (including phenoxy) is 1. The molecule has 9 heteroatoms. The molecule has 160 valence electrons. The van der Waals surface area contributed by atoms with Gasteiger partial charge in [-0.25, -0.2) is 14.2 Å². The summed E-state index contributed by atoms with van der Waals surface area (Å²) in [5, 5.41) is 7.60. The van der Waals surface area contributed by atoms with E-state index in [1.807, 2.05) is 0 Å². The third-order valence-corrected chi connectivity index (χ3v) is 4.38. The summed E-state index contributed by atoms with van der Waals surface area (Å²) in [6, 6.07) is 17.1. The zero-order chi connectivity index (χ0) is 22.4. The maximum Gasteiger partial charge on any atom is 0.587 e. The van der Waals surface area contributed by atoms with Crippen molar-refractivity contribution < 1.29 is 37.6 Å². The Morgan fingerprint density at radius 1 is 0.967 bits per heavy atom. The lowest BCUT2D eigenvalue weighted by Crippen LogP contribution is -2.13.